The lowest BCUT2D eigenvalue weighted by Crippen LogP contribution is -1.92. The number of ether oxygens (including phenoxy) is 1. The summed E-state index contributed by atoms with van der Waals surface area (Å²) in [7, 11) is 0. The second-order valence-electron chi connectivity index (χ2n) is 4.12. The van der Waals surface area contributed by atoms with Gasteiger partial charge in [0.1, 0.15) is 11.3 Å². The van der Waals surface area contributed by atoms with Crippen molar-refractivity contribution < 1.29 is 4.74 Å². The lowest BCUT2D eigenvalue weighted by Gasteiger charge is -2.10. The predicted octanol–water partition coefficient (Wildman–Crippen LogP) is 4.53. The fourth-order valence-corrected chi connectivity index (χ4v) is 2.43. The maximum absolute atomic E-state index is 5.90. The average Bonchev–Trinajstić information content (AvgIpc) is 2.43. The number of nitrogens with zero attached hydrogens (tertiary/aromatic N) is 2. The molecule has 1 aromatic carbocycles. The zero-order valence-electron chi connectivity index (χ0n) is 10.2. The Hall–Kier alpha value is -1.66. The molecule has 0 bridgehead atoms. The van der Waals surface area contributed by atoms with E-state index >= 15 is 0 Å². The minimum Gasteiger partial charge on any atom is -0.454 e. The summed E-state index contributed by atoms with van der Waals surface area (Å²) in [4.78, 5) is 8.62. The van der Waals surface area contributed by atoms with Gasteiger partial charge in [-0.15, -0.1) is 0 Å². The molecule has 2 N–H and O–H groups in total. The van der Waals surface area contributed by atoms with Crippen LogP contribution >= 0.6 is 31.9 Å². The number of hydrogen-bond acceptors (Lipinski definition) is 4. The summed E-state index contributed by atoms with van der Waals surface area (Å²) in [6.45, 7) is 0. The molecule has 2 aromatic heterocycles. The molecule has 0 spiro atoms. The van der Waals surface area contributed by atoms with E-state index < -0.39 is 0 Å². The van der Waals surface area contributed by atoms with Gasteiger partial charge in [0.2, 0.25) is 0 Å². The molecule has 0 fully saturated rings. The summed E-state index contributed by atoms with van der Waals surface area (Å²) in [5.41, 5.74) is 7.88. The molecule has 0 aliphatic carbocycles. The van der Waals surface area contributed by atoms with E-state index in [0.717, 1.165) is 14.5 Å². The number of pyridine rings is 2. The second kappa shape index (κ2) is 5.38. The fourth-order valence-electron chi connectivity index (χ4n) is 1.78. The monoisotopic (exact) mass is 393 g/mol. The van der Waals surface area contributed by atoms with Crippen LogP contribution in [0.4, 0.5) is 5.69 Å². The molecule has 0 saturated carbocycles. The number of hydrogen-bond donors (Lipinski definition) is 1. The lowest BCUT2D eigenvalue weighted by molar-refractivity contribution is 0.484. The van der Waals surface area contributed by atoms with Gasteiger partial charge in [-0.05, 0) is 50.1 Å². The van der Waals surface area contributed by atoms with Crippen LogP contribution in [0, 0.1) is 0 Å². The highest BCUT2D eigenvalue weighted by atomic mass is 79.9. The summed E-state index contributed by atoms with van der Waals surface area (Å²) in [5.74, 6) is 1.27. The van der Waals surface area contributed by atoms with Crippen LogP contribution in [0.25, 0.3) is 11.0 Å². The van der Waals surface area contributed by atoms with E-state index in [1.54, 1.807) is 30.6 Å². The maximum Gasteiger partial charge on any atom is 0.156 e. The third kappa shape index (κ3) is 2.62. The SMILES string of the molecule is Nc1ccc(Br)c(Oc2ccnc3cc(Br)cnc23)c1. The number of rotatable bonds is 2. The minimum absolute atomic E-state index is 0.633. The van der Waals surface area contributed by atoms with Gasteiger partial charge in [0.25, 0.3) is 0 Å². The van der Waals surface area contributed by atoms with Gasteiger partial charge in [-0.1, -0.05) is 0 Å². The fraction of sp³-hybridized carbons (Fsp3) is 0. The molecule has 0 aliphatic heterocycles. The first kappa shape index (κ1) is 13.3. The Labute approximate surface area is 132 Å². The normalized spacial score (nSPS) is 10.7. The number of aromatic nitrogens is 2. The highest BCUT2D eigenvalue weighted by Gasteiger charge is 2.09. The molecule has 0 amide bonds. The summed E-state index contributed by atoms with van der Waals surface area (Å²) in [5, 5.41) is 0. The summed E-state index contributed by atoms with van der Waals surface area (Å²) in [6.07, 6.45) is 3.40. The standard InChI is InChI=1S/C14H9Br2N3O/c15-8-5-11-14(19-7-8)12(3-4-18-11)20-13-6-9(17)1-2-10(13)16/h1-7H,17H2. The van der Waals surface area contributed by atoms with Crippen LogP contribution in [0.15, 0.2) is 51.7 Å². The van der Waals surface area contributed by atoms with Crippen molar-refractivity contribution in [3.8, 4) is 11.5 Å². The van der Waals surface area contributed by atoms with Crippen molar-refractivity contribution in [1.29, 1.82) is 0 Å². The number of nitrogen functional groups attached to an aromatic ring is 1. The van der Waals surface area contributed by atoms with Crippen molar-refractivity contribution in [2.24, 2.45) is 0 Å². The molecule has 4 nitrogen and oxygen atoms in total. The van der Waals surface area contributed by atoms with Gasteiger partial charge in [0.15, 0.2) is 5.75 Å². The van der Waals surface area contributed by atoms with Crippen molar-refractivity contribution in [3.05, 3.63) is 51.7 Å². The molecule has 0 aliphatic rings. The van der Waals surface area contributed by atoms with Crippen LogP contribution in [0.1, 0.15) is 0 Å². The first-order valence-corrected chi connectivity index (χ1v) is 7.35. The van der Waals surface area contributed by atoms with Gasteiger partial charge < -0.3 is 10.5 Å². The lowest BCUT2D eigenvalue weighted by atomic mass is 10.3. The number of nitrogens with two attached hydrogens (primary N) is 1. The molecule has 3 rings (SSSR count). The summed E-state index contributed by atoms with van der Waals surface area (Å²) in [6, 6.07) is 9.08. The number of halogens is 2. The van der Waals surface area contributed by atoms with E-state index in [1.807, 2.05) is 12.1 Å². The molecule has 100 valence electrons. The van der Waals surface area contributed by atoms with Crippen LogP contribution in [0.5, 0.6) is 11.5 Å². The van der Waals surface area contributed by atoms with Gasteiger partial charge in [-0.3, -0.25) is 4.98 Å². The smallest absolute Gasteiger partial charge is 0.156 e. The average molecular weight is 395 g/mol. The Bertz CT molecular complexity index is 792. The molecule has 2 heterocycles. The van der Waals surface area contributed by atoms with Gasteiger partial charge >= 0.3 is 0 Å². The molecule has 3 aromatic rings. The molecular weight excluding hydrogens is 386 g/mol. The molecule has 0 unspecified atom stereocenters. The third-order valence-corrected chi connectivity index (χ3v) is 3.77. The Morgan fingerprint density at radius 1 is 1.00 bits per heavy atom. The van der Waals surface area contributed by atoms with Crippen LogP contribution in [0.3, 0.4) is 0 Å². The zero-order chi connectivity index (χ0) is 14.1. The third-order valence-electron chi connectivity index (χ3n) is 2.68. The van der Waals surface area contributed by atoms with Crippen LogP contribution in [-0.2, 0) is 0 Å². The topological polar surface area (TPSA) is 61.0 Å². The first-order valence-electron chi connectivity index (χ1n) is 5.76. The minimum atomic E-state index is 0.633. The van der Waals surface area contributed by atoms with Crippen molar-refractivity contribution in [2.45, 2.75) is 0 Å². The van der Waals surface area contributed by atoms with Gasteiger partial charge in [-0.25, -0.2) is 4.98 Å². The van der Waals surface area contributed by atoms with E-state index in [9.17, 15) is 0 Å². The van der Waals surface area contributed by atoms with E-state index in [1.165, 1.54) is 0 Å². The van der Waals surface area contributed by atoms with Crippen molar-refractivity contribution in [3.63, 3.8) is 0 Å². The molecule has 0 atom stereocenters. The Morgan fingerprint density at radius 2 is 1.85 bits per heavy atom. The number of fused-ring (bicyclic) bond motifs is 1. The number of anilines is 1. The second-order valence-corrected chi connectivity index (χ2v) is 5.89. The highest BCUT2D eigenvalue weighted by Crippen LogP contribution is 2.34. The molecule has 6 heteroatoms. The van der Waals surface area contributed by atoms with E-state index in [0.29, 0.717) is 22.7 Å². The van der Waals surface area contributed by atoms with E-state index in [4.69, 9.17) is 10.5 Å². The summed E-state index contributed by atoms with van der Waals surface area (Å²) >= 11 is 6.82. The van der Waals surface area contributed by atoms with Crippen LogP contribution in [-0.4, -0.2) is 9.97 Å². The molecular formula is C14H9Br2N3O. The molecule has 20 heavy (non-hydrogen) atoms. The van der Waals surface area contributed by atoms with Gasteiger partial charge in [-0.2, -0.15) is 0 Å². The quantitative estimate of drug-likeness (QED) is 0.648. The Balaban J connectivity index is 2.09. The Kier molecular flexibility index (Phi) is 3.58. The van der Waals surface area contributed by atoms with E-state index in [-0.39, 0.29) is 0 Å². The summed E-state index contributed by atoms with van der Waals surface area (Å²) < 4.78 is 7.60. The van der Waals surface area contributed by atoms with Gasteiger partial charge in [0, 0.05) is 34.7 Å². The Morgan fingerprint density at radius 3 is 2.70 bits per heavy atom. The van der Waals surface area contributed by atoms with Crippen LogP contribution < -0.4 is 10.5 Å². The predicted molar refractivity (Wildman–Crippen MR) is 85.9 cm³/mol. The zero-order valence-corrected chi connectivity index (χ0v) is 13.3. The maximum atomic E-state index is 5.90. The molecule has 0 saturated heterocycles. The number of benzene rings is 1. The van der Waals surface area contributed by atoms with Crippen molar-refractivity contribution in [1.82, 2.24) is 9.97 Å². The molecule has 0 radical (unpaired) electrons. The van der Waals surface area contributed by atoms with Crippen molar-refractivity contribution >= 4 is 48.6 Å². The first-order chi connectivity index (χ1) is 9.63. The van der Waals surface area contributed by atoms with Gasteiger partial charge in [0.05, 0.1) is 9.99 Å². The largest absolute Gasteiger partial charge is 0.454 e. The van der Waals surface area contributed by atoms with Crippen LogP contribution in [0.2, 0.25) is 0 Å². The van der Waals surface area contributed by atoms with Crippen molar-refractivity contribution in [2.75, 3.05) is 5.73 Å². The van der Waals surface area contributed by atoms with E-state index in [2.05, 4.69) is 41.8 Å². The highest BCUT2D eigenvalue weighted by molar-refractivity contribution is 9.10.